The van der Waals surface area contributed by atoms with E-state index in [0.29, 0.717) is 6.04 Å². The summed E-state index contributed by atoms with van der Waals surface area (Å²) in [6.07, 6.45) is 4.11. The molecule has 0 saturated carbocycles. The molecule has 0 atom stereocenters. The van der Waals surface area contributed by atoms with E-state index in [1.165, 1.54) is 11.1 Å². The topological polar surface area (TPSA) is 3.24 Å². The molecular weight excluding hydrogens is 220 g/mol. The van der Waals surface area contributed by atoms with E-state index in [9.17, 15) is 0 Å². The van der Waals surface area contributed by atoms with Crippen LogP contribution in [0, 0.1) is 0 Å². The van der Waals surface area contributed by atoms with Crippen LogP contribution in [0.25, 0.3) is 0 Å². The molecule has 0 fully saturated rings. The van der Waals surface area contributed by atoms with Crippen molar-refractivity contribution in [2.75, 3.05) is 34.4 Å². The molecular formula is C16H31N2+. The van der Waals surface area contributed by atoms with Gasteiger partial charge in [-0.1, -0.05) is 11.6 Å². The van der Waals surface area contributed by atoms with Gasteiger partial charge in [-0.05, 0) is 53.3 Å². The van der Waals surface area contributed by atoms with Gasteiger partial charge in [-0.2, -0.15) is 0 Å². The SMILES string of the molecule is CC(=C=CC=C(C)C)CN(C)C[N+](C)(C)C(C)C. The summed E-state index contributed by atoms with van der Waals surface area (Å²) < 4.78 is 1.02. The van der Waals surface area contributed by atoms with Gasteiger partial charge in [0.2, 0.25) is 0 Å². The second-order valence-electron chi connectivity index (χ2n) is 6.36. The number of likely N-dealkylation sites (N-methyl/N-ethyl adjacent to an activating group) is 1. The summed E-state index contributed by atoms with van der Waals surface area (Å²) in [6, 6.07) is 0.637. The van der Waals surface area contributed by atoms with Crippen LogP contribution in [0.2, 0.25) is 0 Å². The molecule has 0 aliphatic carbocycles. The quantitative estimate of drug-likeness (QED) is 0.302. The second-order valence-corrected chi connectivity index (χ2v) is 6.36. The molecule has 2 nitrogen and oxygen atoms in total. The van der Waals surface area contributed by atoms with Crippen LogP contribution in [0.3, 0.4) is 0 Å². The Kier molecular flexibility index (Phi) is 7.23. The van der Waals surface area contributed by atoms with Gasteiger partial charge in [-0.15, -0.1) is 5.73 Å². The van der Waals surface area contributed by atoms with Gasteiger partial charge in [0.1, 0.15) is 6.67 Å². The first-order valence-corrected chi connectivity index (χ1v) is 6.72. The number of nitrogens with zero attached hydrogens (tertiary/aromatic N) is 2. The van der Waals surface area contributed by atoms with E-state index in [2.05, 4.69) is 72.5 Å². The highest BCUT2D eigenvalue weighted by Gasteiger charge is 2.21. The molecule has 0 N–H and O–H groups in total. The van der Waals surface area contributed by atoms with Crippen molar-refractivity contribution in [1.29, 1.82) is 0 Å². The van der Waals surface area contributed by atoms with E-state index in [0.717, 1.165) is 17.7 Å². The van der Waals surface area contributed by atoms with Crippen LogP contribution >= 0.6 is 0 Å². The van der Waals surface area contributed by atoms with Crippen LogP contribution in [-0.4, -0.2) is 49.8 Å². The molecule has 0 radical (unpaired) electrons. The van der Waals surface area contributed by atoms with Gasteiger partial charge in [0.05, 0.1) is 20.1 Å². The molecule has 0 unspecified atom stereocenters. The van der Waals surface area contributed by atoms with Crippen molar-refractivity contribution in [2.24, 2.45) is 0 Å². The van der Waals surface area contributed by atoms with Crippen molar-refractivity contribution in [3.8, 4) is 0 Å². The van der Waals surface area contributed by atoms with Crippen molar-refractivity contribution in [2.45, 2.75) is 40.7 Å². The standard InChI is InChI=1S/C16H31N2/c1-14(2)10-9-11-16(5)12-17(6)13-18(7,8)15(3)4/h9-10,15H,12-13H2,1-8H3/q+1. The molecule has 0 rings (SSSR count). The third kappa shape index (κ3) is 7.50. The Hall–Kier alpha value is -0.820. The van der Waals surface area contributed by atoms with Crippen LogP contribution in [-0.2, 0) is 0 Å². The first-order valence-electron chi connectivity index (χ1n) is 6.72. The van der Waals surface area contributed by atoms with Gasteiger partial charge in [0.25, 0.3) is 0 Å². The normalized spacial score (nSPS) is 11.4. The van der Waals surface area contributed by atoms with Crippen LogP contribution < -0.4 is 0 Å². The average molecular weight is 251 g/mol. The number of hydrogen-bond donors (Lipinski definition) is 0. The van der Waals surface area contributed by atoms with Crippen LogP contribution in [0.4, 0.5) is 0 Å². The Morgan fingerprint density at radius 1 is 1.22 bits per heavy atom. The average Bonchev–Trinajstić information content (AvgIpc) is 2.14. The van der Waals surface area contributed by atoms with Crippen molar-refractivity contribution in [1.82, 2.24) is 4.90 Å². The molecule has 0 aliphatic heterocycles. The maximum Gasteiger partial charge on any atom is 0.134 e. The Morgan fingerprint density at radius 2 is 1.78 bits per heavy atom. The number of quaternary nitrogens is 1. The van der Waals surface area contributed by atoms with Crippen molar-refractivity contribution >= 4 is 0 Å². The summed E-state index contributed by atoms with van der Waals surface area (Å²) in [4.78, 5) is 2.36. The third-order valence-electron chi connectivity index (χ3n) is 3.26. The lowest BCUT2D eigenvalue weighted by atomic mass is 10.2. The third-order valence-corrected chi connectivity index (χ3v) is 3.26. The first-order chi connectivity index (χ1) is 8.15. The van der Waals surface area contributed by atoms with E-state index >= 15 is 0 Å². The maximum atomic E-state index is 3.33. The highest BCUT2D eigenvalue weighted by Crippen LogP contribution is 2.07. The van der Waals surface area contributed by atoms with Crippen LogP contribution in [0.5, 0.6) is 0 Å². The summed E-state index contributed by atoms with van der Waals surface area (Å²) >= 11 is 0. The van der Waals surface area contributed by atoms with E-state index in [-0.39, 0.29) is 0 Å². The van der Waals surface area contributed by atoms with E-state index in [1.807, 2.05) is 6.08 Å². The molecule has 0 heterocycles. The Balaban J connectivity index is 4.45. The zero-order valence-electron chi connectivity index (χ0n) is 13.5. The predicted octanol–water partition coefficient (Wildman–Crippen LogP) is 3.43. The Bertz CT molecular complexity index is 338. The molecule has 104 valence electrons. The minimum absolute atomic E-state index is 0.637. The molecule has 0 aromatic heterocycles. The molecule has 0 aromatic carbocycles. The summed E-state index contributed by atoms with van der Waals surface area (Å²) in [5, 5.41) is 0. The molecule has 0 saturated heterocycles. The maximum absolute atomic E-state index is 3.33. The van der Waals surface area contributed by atoms with E-state index in [1.54, 1.807) is 0 Å². The smallest absolute Gasteiger partial charge is 0.134 e. The molecule has 0 aromatic rings. The lowest BCUT2D eigenvalue weighted by molar-refractivity contribution is -0.920. The zero-order chi connectivity index (χ0) is 14.3. The van der Waals surface area contributed by atoms with Gasteiger partial charge in [0.15, 0.2) is 0 Å². The Morgan fingerprint density at radius 3 is 2.22 bits per heavy atom. The highest BCUT2D eigenvalue weighted by molar-refractivity contribution is 5.11. The van der Waals surface area contributed by atoms with Crippen LogP contribution in [0.1, 0.15) is 34.6 Å². The second kappa shape index (κ2) is 7.58. The number of hydrogen-bond acceptors (Lipinski definition) is 1. The van der Waals surface area contributed by atoms with Crippen molar-refractivity contribution in [3.63, 3.8) is 0 Å². The van der Waals surface area contributed by atoms with E-state index < -0.39 is 0 Å². The molecule has 0 amide bonds. The van der Waals surface area contributed by atoms with Gasteiger partial charge in [-0.3, -0.25) is 4.90 Å². The van der Waals surface area contributed by atoms with Crippen molar-refractivity contribution < 1.29 is 4.48 Å². The summed E-state index contributed by atoms with van der Waals surface area (Å²) in [6.45, 7) is 12.9. The van der Waals surface area contributed by atoms with Gasteiger partial charge in [0, 0.05) is 6.54 Å². The minimum Gasteiger partial charge on any atom is -0.314 e. The Labute approximate surface area is 114 Å². The highest BCUT2D eigenvalue weighted by atomic mass is 15.4. The zero-order valence-corrected chi connectivity index (χ0v) is 13.5. The summed E-state index contributed by atoms with van der Waals surface area (Å²) in [5.74, 6) is 0. The number of allylic oxidation sites excluding steroid dienone is 2. The molecule has 18 heavy (non-hydrogen) atoms. The number of rotatable bonds is 6. The van der Waals surface area contributed by atoms with Crippen LogP contribution in [0.15, 0.2) is 29.0 Å². The molecule has 0 aliphatic rings. The fourth-order valence-corrected chi connectivity index (χ4v) is 1.64. The fraction of sp³-hybridized carbons (Fsp3) is 0.688. The molecule has 2 heteroatoms. The van der Waals surface area contributed by atoms with E-state index in [4.69, 9.17) is 0 Å². The minimum atomic E-state index is 0.637. The molecule has 0 spiro atoms. The molecule has 0 bridgehead atoms. The summed E-state index contributed by atoms with van der Waals surface area (Å²) in [7, 11) is 6.73. The first kappa shape index (κ1) is 17.2. The largest absolute Gasteiger partial charge is 0.314 e. The predicted molar refractivity (Wildman–Crippen MR) is 81.4 cm³/mol. The van der Waals surface area contributed by atoms with Gasteiger partial charge < -0.3 is 4.48 Å². The van der Waals surface area contributed by atoms with Crippen molar-refractivity contribution in [3.05, 3.63) is 29.0 Å². The lowest BCUT2D eigenvalue weighted by Crippen LogP contribution is -2.51. The monoisotopic (exact) mass is 251 g/mol. The fourth-order valence-electron chi connectivity index (χ4n) is 1.64. The summed E-state index contributed by atoms with van der Waals surface area (Å²) in [5.41, 5.74) is 5.91. The van der Waals surface area contributed by atoms with Gasteiger partial charge >= 0.3 is 0 Å². The lowest BCUT2D eigenvalue weighted by Gasteiger charge is -2.37. The van der Waals surface area contributed by atoms with Gasteiger partial charge in [-0.25, -0.2) is 0 Å².